The van der Waals surface area contributed by atoms with Crippen molar-refractivity contribution in [2.45, 2.75) is 45.4 Å². The fraction of sp³-hybridized carbons (Fsp3) is 0.600. The summed E-state index contributed by atoms with van der Waals surface area (Å²) in [4.78, 5) is 0. The zero-order valence-electron chi connectivity index (χ0n) is 10.6. The van der Waals surface area contributed by atoms with Crippen molar-refractivity contribution >= 4 is 0 Å². The molecule has 0 unspecified atom stereocenters. The second kappa shape index (κ2) is 5.18. The van der Waals surface area contributed by atoms with Gasteiger partial charge in [0.1, 0.15) is 5.82 Å². The summed E-state index contributed by atoms with van der Waals surface area (Å²) in [6.07, 6.45) is 7.19. The molecule has 1 nitrogen and oxygen atoms in total. The summed E-state index contributed by atoms with van der Waals surface area (Å²) >= 11 is 0. The monoisotopic (exact) mass is 235 g/mol. The zero-order chi connectivity index (χ0) is 12.3. The van der Waals surface area contributed by atoms with Crippen molar-refractivity contribution in [1.82, 2.24) is 0 Å². The maximum Gasteiger partial charge on any atom is 0.123 e. The van der Waals surface area contributed by atoms with Crippen LogP contribution in [0.25, 0.3) is 0 Å². The van der Waals surface area contributed by atoms with Gasteiger partial charge in [0.2, 0.25) is 0 Å². The van der Waals surface area contributed by atoms with Crippen molar-refractivity contribution in [2.75, 3.05) is 6.54 Å². The van der Waals surface area contributed by atoms with Crippen molar-refractivity contribution in [2.24, 2.45) is 11.1 Å². The van der Waals surface area contributed by atoms with E-state index in [2.05, 4.69) is 6.92 Å². The lowest BCUT2D eigenvalue weighted by molar-refractivity contribution is 0.197. The Hall–Kier alpha value is -0.890. The molecule has 2 heteroatoms. The third-order valence-corrected chi connectivity index (χ3v) is 4.22. The normalized spacial score (nSPS) is 19.2. The van der Waals surface area contributed by atoms with E-state index in [1.165, 1.54) is 43.7 Å². The lowest BCUT2D eigenvalue weighted by Gasteiger charge is -2.36. The Morgan fingerprint density at radius 2 is 1.94 bits per heavy atom. The molecular formula is C15H22FN. The van der Waals surface area contributed by atoms with Gasteiger partial charge in [-0.05, 0) is 61.4 Å². The predicted octanol–water partition coefficient (Wildman–Crippen LogP) is 3.59. The first-order valence-corrected chi connectivity index (χ1v) is 6.60. The number of aryl methyl sites for hydroxylation is 1. The van der Waals surface area contributed by atoms with E-state index in [0.29, 0.717) is 0 Å². The Labute approximate surface area is 103 Å². The second-order valence-corrected chi connectivity index (χ2v) is 5.51. The van der Waals surface area contributed by atoms with Crippen molar-refractivity contribution in [3.8, 4) is 0 Å². The molecule has 0 heterocycles. The molecule has 0 saturated heterocycles. The maximum atomic E-state index is 13.3. The molecule has 0 spiro atoms. The van der Waals surface area contributed by atoms with Crippen LogP contribution in [0.2, 0.25) is 0 Å². The molecule has 1 fully saturated rings. The molecule has 1 saturated carbocycles. The van der Waals surface area contributed by atoms with Crippen molar-refractivity contribution in [3.63, 3.8) is 0 Å². The van der Waals surface area contributed by atoms with Crippen LogP contribution in [0.5, 0.6) is 0 Å². The molecule has 0 bridgehead atoms. The van der Waals surface area contributed by atoms with E-state index in [9.17, 15) is 4.39 Å². The summed E-state index contributed by atoms with van der Waals surface area (Å²) in [6.45, 7) is 2.78. The Morgan fingerprint density at radius 1 is 1.24 bits per heavy atom. The SMILES string of the molecule is Cc1ccc(F)cc1CC1(CN)CCCCC1. The van der Waals surface area contributed by atoms with E-state index in [4.69, 9.17) is 5.73 Å². The smallest absolute Gasteiger partial charge is 0.123 e. The molecule has 94 valence electrons. The number of hydrogen-bond donors (Lipinski definition) is 1. The third-order valence-electron chi connectivity index (χ3n) is 4.22. The summed E-state index contributed by atoms with van der Waals surface area (Å²) < 4.78 is 13.3. The predicted molar refractivity (Wildman–Crippen MR) is 69.4 cm³/mol. The standard InChI is InChI=1S/C15H22FN/c1-12-5-6-14(16)9-13(12)10-15(11-17)7-3-2-4-8-15/h5-6,9H,2-4,7-8,10-11,17H2,1H3. The quantitative estimate of drug-likeness (QED) is 0.851. The first-order valence-electron chi connectivity index (χ1n) is 6.60. The molecule has 1 aliphatic carbocycles. The molecule has 0 amide bonds. The fourth-order valence-electron chi connectivity index (χ4n) is 2.99. The Kier molecular flexibility index (Phi) is 3.82. The minimum absolute atomic E-state index is 0.131. The van der Waals surface area contributed by atoms with Crippen LogP contribution in [-0.4, -0.2) is 6.54 Å². The van der Waals surface area contributed by atoms with E-state index >= 15 is 0 Å². The van der Waals surface area contributed by atoms with Gasteiger partial charge in [0.05, 0.1) is 0 Å². The highest BCUT2D eigenvalue weighted by atomic mass is 19.1. The second-order valence-electron chi connectivity index (χ2n) is 5.51. The summed E-state index contributed by atoms with van der Waals surface area (Å²) in [5, 5.41) is 0. The van der Waals surface area contributed by atoms with Crippen LogP contribution in [-0.2, 0) is 6.42 Å². The van der Waals surface area contributed by atoms with Crippen molar-refractivity contribution in [3.05, 3.63) is 35.1 Å². The lowest BCUT2D eigenvalue weighted by Crippen LogP contribution is -2.35. The van der Waals surface area contributed by atoms with Crippen molar-refractivity contribution < 1.29 is 4.39 Å². The number of hydrogen-bond acceptors (Lipinski definition) is 1. The van der Waals surface area contributed by atoms with Gasteiger partial charge in [0, 0.05) is 0 Å². The number of rotatable bonds is 3. The Bertz CT molecular complexity index is 381. The molecule has 0 atom stereocenters. The minimum Gasteiger partial charge on any atom is -0.330 e. The first-order chi connectivity index (χ1) is 8.15. The van der Waals surface area contributed by atoms with Gasteiger partial charge in [0.25, 0.3) is 0 Å². The van der Waals surface area contributed by atoms with E-state index in [1.54, 1.807) is 6.07 Å². The van der Waals surface area contributed by atoms with Crippen LogP contribution < -0.4 is 5.73 Å². The van der Waals surface area contributed by atoms with Gasteiger partial charge in [-0.2, -0.15) is 0 Å². The molecule has 2 N–H and O–H groups in total. The third kappa shape index (κ3) is 2.86. The maximum absolute atomic E-state index is 13.3. The Balaban J connectivity index is 2.20. The molecular weight excluding hydrogens is 213 g/mol. The van der Waals surface area contributed by atoms with Crippen molar-refractivity contribution in [1.29, 1.82) is 0 Å². The Morgan fingerprint density at radius 3 is 2.59 bits per heavy atom. The highest BCUT2D eigenvalue weighted by Gasteiger charge is 2.31. The summed E-state index contributed by atoms with van der Waals surface area (Å²) in [5.41, 5.74) is 8.52. The topological polar surface area (TPSA) is 26.0 Å². The summed E-state index contributed by atoms with van der Waals surface area (Å²) in [6, 6.07) is 5.09. The van der Waals surface area contributed by atoms with E-state index in [1.807, 2.05) is 6.07 Å². The van der Waals surface area contributed by atoms with Gasteiger partial charge >= 0.3 is 0 Å². The number of nitrogens with two attached hydrogens (primary N) is 1. The highest BCUT2D eigenvalue weighted by Crippen LogP contribution is 2.38. The van der Waals surface area contributed by atoms with Crippen LogP contribution in [0.15, 0.2) is 18.2 Å². The zero-order valence-corrected chi connectivity index (χ0v) is 10.6. The van der Waals surface area contributed by atoms with E-state index in [0.717, 1.165) is 18.5 Å². The van der Waals surface area contributed by atoms with Gasteiger partial charge in [-0.25, -0.2) is 4.39 Å². The van der Waals surface area contributed by atoms with Gasteiger partial charge < -0.3 is 5.73 Å². The number of benzene rings is 1. The average Bonchev–Trinajstić information content (AvgIpc) is 2.35. The van der Waals surface area contributed by atoms with Crippen LogP contribution >= 0.6 is 0 Å². The minimum atomic E-state index is -0.131. The molecule has 0 aromatic heterocycles. The molecule has 2 rings (SSSR count). The van der Waals surface area contributed by atoms with Crippen LogP contribution in [0, 0.1) is 18.2 Å². The average molecular weight is 235 g/mol. The lowest BCUT2D eigenvalue weighted by atomic mass is 9.70. The largest absolute Gasteiger partial charge is 0.330 e. The molecule has 1 aromatic carbocycles. The summed E-state index contributed by atoms with van der Waals surface area (Å²) in [5.74, 6) is -0.131. The highest BCUT2D eigenvalue weighted by molar-refractivity contribution is 5.28. The van der Waals surface area contributed by atoms with E-state index < -0.39 is 0 Å². The first kappa shape index (κ1) is 12.6. The molecule has 1 aliphatic rings. The van der Waals surface area contributed by atoms with Gasteiger partial charge in [-0.15, -0.1) is 0 Å². The molecule has 1 aromatic rings. The molecule has 0 radical (unpaired) electrons. The van der Waals surface area contributed by atoms with Gasteiger partial charge in [-0.3, -0.25) is 0 Å². The van der Waals surface area contributed by atoms with E-state index in [-0.39, 0.29) is 11.2 Å². The van der Waals surface area contributed by atoms with Crippen LogP contribution in [0.3, 0.4) is 0 Å². The molecule has 17 heavy (non-hydrogen) atoms. The van der Waals surface area contributed by atoms with Gasteiger partial charge in [0.15, 0.2) is 0 Å². The number of halogens is 1. The van der Waals surface area contributed by atoms with Crippen LogP contribution in [0.1, 0.15) is 43.2 Å². The van der Waals surface area contributed by atoms with Gasteiger partial charge in [-0.1, -0.05) is 25.3 Å². The molecule has 0 aliphatic heterocycles. The summed E-state index contributed by atoms with van der Waals surface area (Å²) in [7, 11) is 0. The fourth-order valence-corrected chi connectivity index (χ4v) is 2.99. The van der Waals surface area contributed by atoms with Crippen LogP contribution in [0.4, 0.5) is 4.39 Å².